The Bertz CT molecular complexity index is 610. The van der Waals surface area contributed by atoms with E-state index in [-0.39, 0.29) is 0 Å². The molecule has 0 bridgehead atoms. The summed E-state index contributed by atoms with van der Waals surface area (Å²) in [4.78, 5) is 10.9. The maximum absolute atomic E-state index is 10.9. The van der Waals surface area contributed by atoms with Gasteiger partial charge in [-0.15, -0.1) is 0 Å². The van der Waals surface area contributed by atoms with E-state index in [1.54, 1.807) is 6.07 Å². The largest absolute Gasteiger partial charge is 0.466 e. The Morgan fingerprint density at radius 2 is 2.11 bits per heavy atom. The molecule has 0 saturated carbocycles. The van der Waals surface area contributed by atoms with E-state index in [9.17, 15) is 4.79 Å². The molecule has 0 atom stereocenters. The number of carbonyl (C=O) groups is 1. The topological polar surface area (TPSA) is 63.0 Å². The highest BCUT2D eigenvalue weighted by Gasteiger charge is 2.17. The molecule has 1 N–H and O–H groups in total. The summed E-state index contributed by atoms with van der Waals surface area (Å²) in [6.07, 6.45) is 2.65. The van der Waals surface area contributed by atoms with Crippen LogP contribution in [0.2, 0.25) is 10.0 Å². The fraction of sp³-hybridized carbons (Fsp3) is 0.100. The zero-order valence-electron chi connectivity index (χ0n) is 9.11. The number of rotatable bonds is 3. The van der Waals surface area contributed by atoms with E-state index in [0.717, 1.165) is 11.4 Å². The molecule has 0 radical (unpaired) electrons. The van der Waals surface area contributed by atoms with Gasteiger partial charge in [-0.1, -0.05) is 23.2 Å². The lowest BCUT2D eigenvalue weighted by atomic mass is 10.2. The van der Waals surface area contributed by atoms with Crippen molar-refractivity contribution in [2.24, 2.45) is 8.73 Å². The number of carbonyl (C=O) groups excluding carboxylic acids is 1. The van der Waals surface area contributed by atoms with Crippen molar-refractivity contribution < 1.29 is 9.53 Å². The van der Waals surface area contributed by atoms with Crippen molar-refractivity contribution >= 4 is 57.6 Å². The monoisotopic (exact) mass is 303 g/mol. The highest BCUT2D eigenvalue weighted by atomic mass is 35.5. The Morgan fingerprint density at radius 3 is 2.83 bits per heavy atom. The van der Waals surface area contributed by atoms with Crippen LogP contribution in [0, 0.1) is 0 Å². The summed E-state index contributed by atoms with van der Waals surface area (Å²) in [7, 11) is 1.30. The Balaban J connectivity index is 2.30. The SMILES string of the molecule is COC(=O)/C=C/Nc1c(Cl)cc(Cl)c2c1N=S=N2. The van der Waals surface area contributed by atoms with E-state index in [0.29, 0.717) is 27.1 Å². The Hall–Kier alpha value is -1.37. The maximum atomic E-state index is 10.9. The second-order valence-electron chi connectivity index (χ2n) is 3.18. The van der Waals surface area contributed by atoms with Crippen molar-refractivity contribution in [2.45, 2.75) is 0 Å². The summed E-state index contributed by atoms with van der Waals surface area (Å²) in [5.41, 5.74) is 1.68. The standard InChI is InChI=1S/C10H7Cl2N3O2S/c1-17-7(16)2-3-13-8-5(11)4-6(12)9-10(8)15-18-14-9/h2-4,13H,1H3/b3-2+. The second-order valence-corrected chi connectivity index (χ2v) is 4.52. The summed E-state index contributed by atoms with van der Waals surface area (Å²) >= 11 is 13.1. The minimum Gasteiger partial charge on any atom is -0.466 e. The molecular weight excluding hydrogens is 297 g/mol. The lowest BCUT2D eigenvalue weighted by Gasteiger charge is -2.08. The van der Waals surface area contributed by atoms with Gasteiger partial charge in [-0.05, 0) is 6.07 Å². The molecule has 1 aromatic carbocycles. The summed E-state index contributed by atoms with van der Waals surface area (Å²) in [5, 5.41) is 3.70. The Kier molecular flexibility index (Phi) is 4.00. The van der Waals surface area contributed by atoms with Gasteiger partial charge in [-0.2, -0.15) is 8.73 Å². The van der Waals surface area contributed by atoms with E-state index in [1.165, 1.54) is 19.4 Å². The van der Waals surface area contributed by atoms with E-state index < -0.39 is 5.97 Å². The maximum Gasteiger partial charge on any atom is 0.331 e. The number of nitrogens with one attached hydrogen (secondary N) is 1. The average Bonchev–Trinajstić information content (AvgIpc) is 2.82. The van der Waals surface area contributed by atoms with Gasteiger partial charge in [0, 0.05) is 12.3 Å². The van der Waals surface area contributed by atoms with Crippen LogP contribution in [0.4, 0.5) is 17.1 Å². The van der Waals surface area contributed by atoms with Gasteiger partial charge in [0.2, 0.25) is 0 Å². The number of hydrogen-bond acceptors (Lipinski definition) is 5. The molecule has 0 saturated heterocycles. The molecule has 94 valence electrons. The fourth-order valence-corrected chi connectivity index (χ4v) is 2.44. The molecule has 0 amide bonds. The first kappa shape index (κ1) is 13.1. The van der Waals surface area contributed by atoms with Crippen molar-refractivity contribution in [3.05, 3.63) is 28.4 Å². The third kappa shape index (κ3) is 2.55. The van der Waals surface area contributed by atoms with Crippen LogP contribution in [0.25, 0.3) is 0 Å². The number of methoxy groups -OCH3 is 1. The van der Waals surface area contributed by atoms with Crippen molar-refractivity contribution in [3.63, 3.8) is 0 Å². The van der Waals surface area contributed by atoms with Gasteiger partial charge in [0.15, 0.2) is 0 Å². The Labute approximate surface area is 117 Å². The van der Waals surface area contributed by atoms with Crippen LogP contribution >= 0.6 is 23.2 Å². The molecule has 5 nitrogen and oxygen atoms in total. The van der Waals surface area contributed by atoms with Crippen LogP contribution in [0.15, 0.2) is 27.1 Å². The van der Waals surface area contributed by atoms with Gasteiger partial charge in [-0.25, -0.2) is 4.79 Å². The van der Waals surface area contributed by atoms with Crippen molar-refractivity contribution in [3.8, 4) is 0 Å². The Morgan fingerprint density at radius 1 is 1.39 bits per heavy atom. The minimum absolute atomic E-state index is 0.398. The molecule has 8 heteroatoms. The van der Waals surface area contributed by atoms with Gasteiger partial charge in [-0.3, -0.25) is 0 Å². The van der Waals surface area contributed by atoms with Crippen molar-refractivity contribution in [2.75, 3.05) is 12.4 Å². The molecule has 0 fully saturated rings. The quantitative estimate of drug-likeness (QED) is 0.692. The van der Waals surface area contributed by atoms with Gasteiger partial charge >= 0.3 is 5.97 Å². The molecule has 0 aromatic heterocycles. The van der Waals surface area contributed by atoms with Crippen LogP contribution in [-0.2, 0) is 20.9 Å². The van der Waals surface area contributed by atoms with E-state index in [2.05, 4.69) is 18.8 Å². The number of hydrogen-bond donors (Lipinski definition) is 1. The zero-order valence-corrected chi connectivity index (χ0v) is 11.4. The van der Waals surface area contributed by atoms with Crippen LogP contribution in [-0.4, -0.2) is 13.1 Å². The molecule has 2 rings (SSSR count). The van der Waals surface area contributed by atoms with Gasteiger partial charge in [0.05, 0.1) is 34.2 Å². The molecule has 0 spiro atoms. The van der Waals surface area contributed by atoms with Crippen LogP contribution in [0.1, 0.15) is 0 Å². The van der Waals surface area contributed by atoms with E-state index >= 15 is 0 Å². The van der Waals surface area contributed by atoms with Crippen LogP contribution in [0.5, 0.6) is 0 Å². The number of esters is 1. The lowest BCUT2D eigenvalue weighted by Crippen LogP contribution is -1.97. The molecule has 1 aliphatic heterocycles. The molecular formula is C10H7Cl2N3O2S. The van der Waals surface area contributed by atoms with Crippen LogP contribution < -0.4 is 5.32 Å². The van der Waals surface area contributed by atoms with Crippen molar-refractivity contribution in [1.29, 1.82) is 0 Å². The molecule has 1 aliphatic rings. The summed E-state index contributed by atoms with van der Waals surface area (Å²) in [6.45, 7) is 0. The summed E-state index contributed by atoms with van der Waals surface area (Å²) in [5.74, 6) is -0.472. The molecule has 0 aliphatic carbocycles. The van der Waals surface area contributed by atoms with E-state index in [4.69, 9.17) is 23.2 Å². The first-order valence-electron chi connectivity index (χ1n) is 4.74. The highest BCUT2D eigenvalue weighted by Crippen LogP contribution is 2.47. The number of halogens is 2. The molecule has 1 aromatic rings. The number of ether oxygens (including phenoxy) is 1. The zero-order chi connectivity index (χ0) is 13.1. The molecule has 0 unspecified atom stereocenters. The van der Waals surface area contributed by atoms with Gasteiger partial charge in [0.25, 0.3) is 0 Å². The number of fused-ring (bicyclic) bond motifs is 1. The fourth-order valence-electron chi connectivity index (χ4n) is 1.27. The van der Waals surface area contributed by atoms with Crippen LogP contribution in [0.3, 0.4) is 0 Å². The summed E-state index contributed by atoms with van der Waals surface area (Å²) in [6, 6.07) is 1.57. The minimum atomic E-state index is -0.472. The predicted molar refractivity (Wildman–Crippen MR) is 72.8 cm³/mol. The summed E-state index contributed by atoms with van der Waals surface area (Å²) < 4.78 is 12.6. The first-order chi connectivity index (χ1) is 8.63. The predicted octanol–water partition coefficient (Wildman–Crippen LogP) is 3.82. The van der Waals surface area contributed by atoms with E-state index in [1.807, 2.05) is 0 Å². The number of nitrogens with zero attached hydrogens (tertiary/aromatic N) is 2. The highest BCUT2D eigenvalue weighted by molar-refractivity contribution is 7.58. The lowest BCUT2D eigenvalue weighted by molar-refractivity contribution is -0.134. The average molecular weight is 304 g/mol. The van der Waals surface area contributed by atoms with Gasteiger partial charge < -0.3 is 10.1 Å². The second kappa shape index (κ2) is 5.51. The smallest absolute Gasteiger partial charge is 0.331 e. The molecule has 18 heavy (non-hydrogen) atoms. The number of benzene rings is 1. The van der Waals surface area contributed by atoms with Gasteiger partial charge in [0.1, 0.15) is 11.4 Å². The third-order valence-electron chi connectivity index (χ3n) is 2.09. The molecule has 1 heterocycles. The first-order valence-corrected chi connectivity index (χ1v) is 6.23. The normalized spacial score (nSPS) is 12.4. The third-order valence-corrected chi connectivity index (χ3v) is 3.21. The van der Waals surface area contributed by atoms with Crippen molar-refractivity contribution in [1.82, 2.24) is 0 Å². The number of anilines is 1.